The number of hydrazine groups is 1. The highest BCUT2D eigenvalue weighted by Gasteiger charge is 2.28. The van der Waals surface area contributed by atoms with Crippen LogP contribution in [0.1, 0.15) is 30.1 Å². The fraction of sp³-hybridized carbons (Fsp3) is 0.273. The molecule has 0 N–H and O–H groups in total. The van der Waals surface area contributed by atoms with Crippen LogP contribution in [-0.4, -0.2) is 29.0 Å². The van der Waals surface area contributed by atoms with Gasteiger partial charge in [0.15, 0.2) is 0 Å². The molecule has 2 heterocycles. The van der Waals surface area contributed by atoms with Crippen LogP contribution < -0.4 is 5.01 Å². The predicted octanol–water partition coefficient (Wildman–Crippen LogP) is 4.53. The molecule has 4 nitrogen and oxygen atoms in total. The van der Waals surface area contributed by atoms with Crippen LogP contribution in [0.4, 0.5) is 5.69 Å². The number of anilines is 1. The van der Waals surface area contributed by atoms with E-state index in [-0.39, 0.29) is 5.91 Å². The van der Waals surface area contributed by atoms with Gasteiger partial charge in [0.1, 0.15) is 0 Å². The van der Waals surface area contributed by atoms with Crippen LogP contribution in [0.25, 0.3) is 10.9 Å². The zero-order valence-electron chi connectivity index (χ0n) is 15.0. The third-order valence-electron chi connectivity index (χ3n) is 4.95. The van der Waals surface area contributed by atoms with E-state index in [0.29, 0.717) is 11.5 Å². The number of para-hydroxylation sites is 1. The molecule has 0 spiro atoms. The maximum absolute atomic E-state index is 13.3. The maximum Gasteiger partial charge on any atom is 0.272 e. The molecule has 1 aliphatic heterocycles. The van der Waals surface area contributed by atoms with Crippen molar-refractivity contribution in [3.8, 4) is 0 Å². The van der Waals surface area contributed by atoms with Crippen LogP contribution in [0.3, 0.4) is 0 Å². The van der Waals surface area contributed by atoms with Crippen LogP contribution in [0.5, 0.6) is 0 Å². The fourth-order valence-corrected chi connectivity index (χ4v) is 3.63. The summed E-state index contributed by atoms with van der Waals surface area (Å²) in [6, 6.07) is 19.6. The molecule has 1 amide bonds. The van der Waals surface area contributed by atoms with Crippen molar-refractivity contribution >= 4 is 22.5 Å². The summed E-state index contributed by atoms with van der Waals surface area (Å²) in [6.07, 6.45) is 4.11. The van der Waals surface area contributed by atoms with Gasteiger partial charge < -0.3 is 0 Å². The number of nitrogens with zero attached hydrogens (tertiary/aromatic N) is 3. The number of hydrogen-bond acceptors (Lipinski definition) is 3. The number of pyridine rings is 1. The second kappa shape index (κ2) is 7.26. The minimum atomic E-state index is -0.00298. The first-order valence-corrected chi connectivity index (χ1v) is 9.21. The molecule has 3 aromatic rings. The molecule has 4 heteroatoms. The molecule has 2 aromatic carbocycles. The van der Waals surface area contributed by atoms with Gasteiger partial charge in [-0.2, -0.15) is 0 Å². The minimum absolute atomic E-state index is 0.00298. The topological polar surface area (TPSA) is 36.4 Å². The van der Waals surface area contributed by atoms with Gasteiger partial charge >= 0.3 is 0 Å². The van der Waals surface area contributed by atoms with Crippen molar-refractivity contribution < 1.29 is 4.79 Å². The van der Waals surface area contributed by atoms with Gasteiger partial charge in [-0.1, -0.05) is 43.3 Å². The predicted molar refractivity (Wildman–Crippen MR) is 105 cm³/mol. The second-order valence-electron chi connectivity index (χ2n) is 7.03. The summed E-state index contributed by atoms with van der Waals surface area (Å²) in [5.74, 6) is 0.569. The van der Waals surface area contributed by atoms with E-state index in [9.17, 15) is 4.79 Å². The Hall–Kier alpha value is -2.72. The lowest BCUT2D eigenvalue weighted by atomic mass is 10.0. The van der Waals surface area contributed by atoms with Crippen LogP contribution in [0.2, 0.25) is 0 Å². The fourth-order valence-electron chi connectivity index (χ4n) is 3.63. The number of amides is 1. The average molecular weight is 345 g/mol. The number of fused-ring (bicyclic) bond motifs is 1. The van der Waals surface area contributed by atoms with E-state index < -0.39 is 0 Å². The Morgan fingerprint density at radius 3 is 2.69 bits per heavy atom. The number of piperidine rings is 1. The molecule has 1 saturated heterocycles. The molecule has 1 aromatic heterocycles. The van der Waals surface area contributed by atoms with Crippen molar-refractivity contribution in [2.45, 2.75) is 19.8 Å². The Kier molecular flexibility index (Phi) is 4.67. The molecule has 0 saturated carbocycles. The number of rotatable bonds is 3. The maximum atomic E-state index is 13.3. The van der Waals surface area contributed by atoms with Gasteiger partial charge in [-0.15, -0.1) is 0 Å². The van der Waals surface area contributed by atoms with E-state index in [0.717, 1.165) is 36.1 Å². The number of carbonyl (C=O) groups excluding carboxylic acids is 1. The van der Waals surface area contributed by atoms with Crippen molar-refractivity contribution in [3.63, 3.8) is 0 Å². The molecule has 26 heavy (non-hydrogen) atoms. The summed E-state index contributed by atoms with van der Waals surface area (Å²) in [5, 5.41) is 5.04. The highest BCUT2D eigenvalue weighted by atomic mass is 16.2. The molecule has 1 atom stereocenters. The summed E-state index contributed by atoms with van der Waals surface area (Å²) in [7, 11) is 0. The molecule has 1 unspecified atom stereocenters. The van der Waals surface area contributed by atoms with Gasteiger partial charge in [-0.25, -0.2) is 10.0 Å². The SMILES string of the molecule is CC1CCCN(N(C(=O)c2ccccc2)c2cnc3ccccc3c2)C1. The Morgan fingerprint density at radius 1 is 1.12 bits per heavy atom. The Balaban J connectivity index is 1.77. The molecule has 0 aliphatic carbocycles. The van der Waals surface area contributed by atoms with Crippen LogP contribution >= 0.6 is 0 Å². The van der Waals surface area contributed by atoms with E-state index in [4.69, 9.17) is 0 Å². The zero-order chi connectivity index (χ0) is 17.9. The Bertz CT molecular complexity index is 909. The summed E-state index contributed by atoms with van der Waals surface area (Å²) in [4.78, 5) is 17.9. The molecule has 1 aliphatic rings. The van der Waals surface area contributed by atoms with Crippen molar-refractivity contribution in [1.82, 2.24) is 9.99 Å². The first-order valence-electron chi connectivity index (χ1n) is 9.21. The third-order valence-corrected chi connectivity index (χ3v) is 4.95. The van der Waals surface area contributed by atoms with Crippen LogP contribution in [-0.2, 0) is 0 Å². The largest absolute Gasteiger partial charge is 0.272 e. The summed E-state index contributed by atoms with van der Waals surface area (Å²) in [5.41, 5.74) is 2.46. The summed E-state index contributed by atoms with van der Waals surface area (Å²) < 4.78 is 0. The van der Waals surface area contributed by atoms with Gasteiger partial charge in [-0.05, 0) is 43.0 Å². The second-order valence-corrected chi connectivity index (χ2v) is 7.03. The van der Waals surface area contributed by atoms with E-state index in [1.807, 2.05) is 65.8 Å². The van der Waals surface area contributed by atoms with E-state index in [1.165, 1.54) is 6.42 Å². The molecule has 0 radical (unpaired) electrons. The third kappa shape index (κ3) is 3.33. The molecule has 1 fully saturated rings. The Labute approximate surface area is 154 Å². The smallest absolute Gasteiger partial charge is 0.267 e. The molecular weight excluding hydrogens is 322 g/mol. The number of aromatic nitrogens is 1. The first kappa shape index (κ1) is 16.7. The monoisotopic (exact) mass is 345 g/mol. The van der Waals surface area contributed by atoms with Crippen molar-refractivity contribution in [1.29, 1.82) is 0 Å². The zero-order valence-corrected chi connectivity index (χ0v) is 15.0. The summed E-state index contributed by atoms with van der Waals surface area (Å²) >= 11 is 0. The standard InChI is InChI=1S/C22H23N3O/c1-17-8-7-13-24(16-17)25(22(26)18-9-3-2-4-10-18)20-14-19-11-5-6-12-21(19)23-15-20/h2-6,9-12,14-15,17H,7-8,13,16H2,1H3. The van der Waals surface area contributed by atoms with Crippen molar-refractivity contribution in [2.24, 2.45) is 5.92 Å². The lowest BCUT2D eigenvalue weighted by Gasteiger charge is -2.39. The van der Waals surface area contributed by atoms with Gasteiger partial charge in [0, 0.05) is 24.0 Å². The normalized spacial score (nSPS) is 18.0. The molecule has 4 rings (SSSR count). The van der Waals surface area contributed by atoms with E-state index in [1.54, 1.807) is 0 Å². The molecule has 132 valence electrons. The van der Waals surface area contributed by atoms with E-state index >= 15 is 0 Å². The number of hydrogen-bond donors (Lipinski definition) is 0. The van der Waals surface area contributed by atoms with Gasteiger partial charge in [0.05, 0.1) is 17.4 Å². The lowest BCUT2D eigenvalue weighted by Crippen LogP contribution is -2.51. The van der Waals surface area contributed by atoms with Crippen LogP contribution in [0, 0.1) is 5.92 Å². The Morgan fingerprint density at radius 2 is 1.88 bits per heavy atom. The quantitative estimate of drug-likeness (QED) is 0.700. The summed E-state index contributed by atoms with van der Waals surface area (Å²) in [6.45, 7) is 4.01. The van der Waals surface area contributed by atoms with Crippen LogP contribution in [0.15, 0.2) is 66.9 Å². The molecular formula is C22H23N3O. The number of benzene rings is 2. The highest BCUT2D eigenvalue weighted by molar-refractivity contribution is 6.06. The highest BCUT2D eigenvalue weighted by Crippen LogP contribution is 2.26. The first-order chi connectivity index (χ1) is 12.7. The van der Waals surface area contributed by atoms with Crippen molar-refractivity contribution in [3.05, 3.63) is 72.4 Å². The van der Waals surface area contributed by atoms with Crippen molar-refractivity contribution in [2.75, 3.05) is 18.1 Å². The number of carbonyl (C=O) groups is 1. The van der Waals surface area contributed by atoms with Gasteiger partial charge in [0.2, 0.25) is 0 Å². The molecule has 0 bridgehead atoms. The van der Waals surface area contributed by atoms with E-state index in [2.05, 4.69) is 23.0 Å². The lowest BCUT2D eigenvalue weighted by molar-refractivity contribution is 0.0841. The average Bonchev–Trinajstić information content (AvgIpc) is 2.69. The minimum Gasteiger partial charge on any atom is -0.267 e. The van der Waals surface area contributed by atoms with Gasteiger partial charge in [-0.3, -0.25) is 9.78 Å². The van der Waals surface area contributed by atoms with Gasteiger partial charge in [0.25, 0.3) is 5.91 Å².